The van der Waals surface area contributed by atoms with Crippen LogP contribution in [0.1, 0.15) is 45.1 Å². The molecule has 9 heteroatoms. The third-order valence-electron chi connectivity index (χ3n) is 3.50. The minimum absolute atomic E-state index is 0.145. The van der Waals surface area contributed by atoms with Gasteiger partial charge in [-0.2, -0.15) is 4.98 Å². The van der Waals surface area contributed by atoms with Crippen LogP contribution in [0.3, 0.4) is 0 Å². The number of nitrogens with two attached hydrogens (primary N) is 1. The molecule has 2 amide bonds. The molecule has 22 heavy (non-hydrogen) atoms. The van der Waals surface area contributed by atoms with Gasteiger partial charge in [0.05, 0.1) is 7.11 Å². The van der Waals surface area contributed by atoms with Crippen molar-refractivity contribution in [3.8, 4) is 5.75 Å². The Balaban J connectivity index is 1.86. The number of primary amides is 1. The van der Waals surface area contributed by atoms with Crippen molar-refractivity contribution >= 4 is 23.2 Å². The first-order valence-corrected chi connectivity index (χ1v) is 7.55. The molecule has 1 aliphatic rings. The minimum atomic E-state index is -0.759. The topological polar surface area (TPSA) is 112 Å². The number of hydrogen-bond acceptors (Lipinski definition) is 7. The zero-order valence-electron chi connectivity index (χ0n) is 11.8. The molecule has 8 nitrogen and oxygen atoms in total. The SMILES string of the molecule is COc1ccsc1C(=O)N1CCC[C@@H]1c1nc(C(N)=O)no1. The maximum absolute atomic E-state index is 12.7. The van der Waals surface area contributed by atoms with E-state index in [9.17, 15) is 9.59 Å². The van der Waals surface area contributed by atoms with Crippen LogP contribution in [0.2, 0.25) is 0 Å². The number of ether oxygens (including phenoxy) is 1. The summed E-state index contributed by atoms with van der Waals surface area (Å²) in [5.41, 5.74) is 5.12. The molecule has 0 aromatic carbocycles. The monoisotopic (exact) mass is 322 g/mol. The third-order valence-corrected chi connectivity index (χ3v) is 4.39. The fourth-order valence-corrected chi connectivity index (χ4v) is 3.30. The molecule has 0 unspecified atom stereocenters. The highest BCUT2D eigenvalue weighted by atomic mass is 32.1. The van der Waals surface area contributed by atoms with Crippen LogP contribution in [0.15, 0.2) is 16.0 Å². The van der Waals surface area contributed by atoms with Gasteiger partial charge in [0.2, 0.25) is 5.89 Å². The highest BCUT2D eigenvalue weighted by Gasteiger charge is 2.36. The lowest BCUT2D eigenvalue weighted by atomic mass is 10.2. The average Bonchev–Trinajstić information content (AvgIpc) is 3.23. The van der Waals surface area contributed by atoms with E-state index in [1.54, 1.807) is 16.3 Å². The van der Waals surface area contributed by atoms with Gasteiger partial charge < -0.3 is 19.9 Å². The molecule has 0 saturated carbocycles. The second-order valence-electron chi connectivity index (χ2n) is 4.80. The maximum atomic E-state index is 12.7. The van der Waals surface area contributed by atoms with Gasteiger partial charge in [0, 0.05) is 6.54 Å². The Morgan fingerprint density at radius 2 is 2.36 bits per heavy atom. The summed E-state index contributed by atoms with van der Waals surface area (Å²) in [7, 11) is 1.53. The number of carbonyl (C=O) groups is 2. The van der Waals surface area contributed by atoms with Gasteiger partial charge in [-0.3, -0.25) is 9.59 Å². The van der Waals surface area contributed by atoms with Crippen molar-refractivity contribution in [2.24, 2.45) is 5.73 Å². The average molecular weight is 322 g/mol. The smallest absolute Gasteiger partial charge is 0.290 e. The third kappa shape index (κ3) is 2.43. The van der Waals surface area contributed by atoms with Gasteiger partial charge in [-0.1, -0.05) is 5.16 Å². The predicted molar refractivity (Wildman–Crippen MR) is 76.7 cm³/mol. The number of likely N-dealkylation sites (tertiary alicyclic amines) is 1. The Bertz CT molecular complexity index is 710. The summed E-state index contributed by atoms with van der Waals surface area (Å²) in [4.78, 5) is 29.9. The number of thiophene rings is 1. The molecule has 1 atom stereocenters. The summed E-state index contributed by atoms with van der Waals surface area (Å²) in [6, 6.07) is 1.40. The number of nitrogens with zero attached hydrogens (tertiary/aromatic N) is 3. The summed E-state index contributed by atoms with van der Waals surface area (Å²) < 4.78 is 10.3. The van der Waals surface area contributed by atoms with E-state index >= 15 is 0 Å². The number of hydrogen-bond donors (Lipinski definition) is 1. The van der Waals surface area contributed by atoms with Gasteiger partial charge in [-0.25, -0.2) is 0 Å². The molecule has 1 fully saturated rings. The zero-order valence-corrected chi connectivity index (χ0v) is 12.6. The van der Waals surface area contributed by atoms with Crippen LogP contribution < -0.4 is 10.5 Å². The van der Waals surface area contributed by atoms with Crippen molar-refractivity contribution in [2.75, 3.05) is 13.7 Å². The fraction of sp³-hybridized carbons (Fsp3) is 0.385. The van der Waals surface area contributed by atoms with Crippen molar-refractivity contribution in [2.45, 2.75) is 18.9 Å². The molecule has 0 bridgehead atoms. The predicted octanol–water partition coefficient (Wildman–Crippen LogP) is 1.22. The Hall–Kier alpha value is -2.42. The van der Waals surface area contributed by atoms with Crippen LogP contribution in [0.25, 0.3) is 0 Å². The van der Waals surface area contributed by atoms with Crippen LogP contribution >= 0.6 is 11.3 Å². The molecule has 116 valence electrons. The van der Waals surface area contributed by atoms with Crippen LogP contribution in [0, 0.1) is 0 Å². The van der Waals surface area contributed by atoms with Crippen LogP contribution in [0.5, 0.6) is 5.75 Å². The molecular formula is C13H14N4O4S. The van der Waals surface area contributed by atoms with E-state index in [1.807, 2.05) is 0 Å². The first-order chi connectivity index (χ1) is 10.6. The highest BCUT2D eigenvalue weighted by Crippen LogP contribution is 2.35. The summed E-state index contributed by atoms with van der Waals surface area (Å²) in [5.74, 6) is -0.304. The second-order valence-corrected chi connectivity index (χ2v) is 5.71. The number of carbonyl (C=O) groups excluding carboxylic acids is 2. The molecule has 2 aromatic rings. The molecule has 0 radical (unpaired) electrons. The van der Waals surface area contributed by atoms with Crippen molar-refractivity contribution in [3.05, 3.63) is 28.0 Å². The van der Waals surface area contributed by atoms with Crippen molar-refractivity contribution < 1.29 is 18.8 Å². The van der Waals surface area contributed by atoms with E-state index in [0.717, 1.165) is 6.42 Å². The normalized spacial score (nSPS) is 17.7. The molecule has 3 rings (SSSR count). The van der Waals surface area contributed by atoms with Gasteiger partial charge >= 0.3 is 0 Å². The van der Waals surface area contributed by atoms with E-state index < -0.39 is 5.91 Å². The van der Waals surface area contributed by atoms with E-state index in [4.69, 9.17) is 15.0 Å². The Kier molecular flexibility index (Phi) is 3.80. The summed E-state index contributed by atoms with van der Waals surface area (Å²) in [6.07, 6.45) is 1.51. The molecule has 1 saturated heterocycles. The zero-order chi connectivity index (χ0) is 15.7. The van der Waals surface area contributed by atoms with Crippen molar-refractivity contribution in [1.29, 1.82) is 0 Å². The second kappa shape index (κ2) is 5.76. The number of aromatic nitrogens is 2. The van der Waals surface area contributed by atoms with Crippen LogP contribution in [-0.4, -0.2) is 40.5 Å². The first-order valence-electron chi connectivity index (χ1n) is 6.67. The van der Waals surface area contributed by atoms with Gasteiger partial charge in [0.25, 0.3) is 17.6 Å². The molecular weight excluding hydrogens is 308 g/mol. The lowest BCUT2D eigenvalue weighted by Gasteiger charge is -2.21. The van der Waals surface area contributed by atoms with E-state index in [0.29, 0.717) is 23.6 Å². The lowest BCUT2D eigenvalue weighted by molar-refractivity contribution is 0.0711. The molecule has 0 aliphatic carbocycles. The maximum Gasteiger partial charge on any atom is 0.290 e. The fourth-order valence-electron chi connectivity index (χ4n) is 2.48. The Morgan fingerprint density at radius 3 is 3.05 bits per heavy atom. The Morgan fingerprint density at radius 1 is 1.55 bits per heavy atom. The minimum Gasteiger partial charge on any atom is -0.495 e. The molecule has 1 aliphatic heterocycles. The van der Waals surface area contributed by atoms with Gasteiger partial charge in [-0.15, -0.1) is 11.3 Å². The lowest BCUT2D eigenvalue weighted by Crippen LogP contribution is -2.30. The highest BCUT2D eigenvalue weighted by molar-refractivity contribution is 7.12. The Labute approximate surface area is 129 Å². The molecule has 3 heterocycles. The largest absolute Gasteiger partial charge is 0.495 e. The van der Waals surface area contributed by atoms with Crippen molar-refractivity contribution in [3.63, 3.8) is 0 Å². The number of rotatable bonds is 4. The van der Waals surface area contributed by atoms with Gasteiger partial charge in [0.1, 0.15) is 16.7 Å². The van der Waals surface area contributed by atoms with Crippen molar-refractivity contribution in [1.82, 2.24) is 15.0 Å². The van der Waals surface area contributed by atoms with E-state index in [-0.39, 0.29) is 23.7 Å². The van der Waals surface area contributed by atoms with E-state index in [2.05, 4.69) is 10.1 Å². The molecule has 2 N–H and O–H groups in total. The quantitative estimate of drug-likeness (QED) is 0.905. The number of amides is 2. The molecule has 2 aromatic heterocycles. The standard InChI is InChI=1S/C13H14N4O4S/c1-20-8-4-6-22-9(8)13(19)17-5-2-3-7(17)12-15-11(10(14)18)16-21-12/h4,6-7H,2-3,5H2,1H3,(H2,14,18)/t7-/m1/s1. The molecule has 0 spiro atoms. The van der Waals surface area contributed by atoms with Crippen LogP contribution in [-0.2, 0) is 0 Å². The number of methoxy groups -OCH3 is 1. The van der Waals surface area contributed by atoms with Gasteiger partial charge in [0.15, 0.2) is 0 Å². The summed E-state index contributed by atoms with van der Waals surface area (Å²) >= 11 is 1.32. The van der Waals surface area contributed by atoms with Gasteiger partial charge in [-0.05, 0) is 24.3 Å². The van der Waals surface area contributed by atoms with E-state index in [1.165, 1.54) is 18.4 Å². The van der Waals surface area contributed by atoms with Crippen LogP contribution in [0.4, 0.5) is 0 Å². The summed E-state index contributed by atoms with van der Waals surface area (Å²) in [6.45, 7) is 0.582. The summed E-state index contributed by atoms with van der Waals surface area (Å²) in [5, 5.41) is 5.33. The first kappa shape index (κ1) is 14.5.